The first-order valence-electron chi connectivity index (χ1n) is 7.08. The Labute approximate surface area is 126 Å². The Morgan fingerprint density at radius 2 is 2.10 bits per heavy atom. The van der Waals surface area contributed by atoms with Crippen LogP contribution in [-0.4, -0.2) is 21.0 Å². The quantitative estimate of drug-likeness (QED) is 0.760. The maximum absolute atomic E-state index is 12.3. The van der Waals surface area contributed by atoms with Gasteiger partial charge < -0.3 is 5.32 Å². The first-order chi connectivity index (χ1) is 9.26. The fourth-order valence-corrected chi connectivity index (χ4v) is 5.07. The second kappa shape index (κ2) is 5.75. The molecule has 1 atom stereocenters. The molecule has 0 aromatic carbocycles. The Balaban J connectivity index is 2.06. The number of aryl methyl sites for hydroxylation is 1. The van der Waals surface area contributed by atoms with Crippen LogP contribution < -0.4 is 10.0 Å². The maximum atomic E-state index is 12.3. The van der Waals surface area contributed by atoms with Crippen LogP contribution >= 0.6 is 11.3 Å². The van der Waals surface area contributed by atoms with Gasteiger partial charge in [0.1, 0.15) is 4.21 Å². The minimum absolute atomic E-state index is 0.0802. The van der Waals surface area contributed by atoms with E-state index in [0.717, 1.165) is 36.4 Å². The van der Waals surface area contributed by atoms with Crippen LogP contribution in [0.25, 0.3) is 0 Å². The van der Waals surface area contributed by atoms with E-state index in [1.54, 1.807) is 6.07 Å². The van der Waals surface area contributed by atoms with E-state index in [2.05, 4.69) is 30.8 Å². The molecule has 1 heterocycles. The van der Waals surface area contributed by atoms with Gasteiger partial charge >= 0.3 is 0 Å². The molecule has 1 fully saturated rings. The molecule has 4 nitrogen and oxygen atoms in total. The molecule has 2 N–H and O–H groups in total. The first kappa shape index (κ1) is 15.9. The van der Waals surface area contributed by atoms with Gasteiger partial charge in [-0.05, 0) is 43.4 Å². The summed E-state index contributed by atoms with van der Waals surface area (Å²) in [6, 6.07) is 1.86. The zero-order chi connectivity index (χ0) is 15.0. The van der Waals surface area contributed by atoms with Crippen molar-refractivity contribution in [2.75, 3.05) is 6.54 Å². The van der Waals surface area contributed by atoms with E-state index in [4.69, 9.17) is 0 Å². The molecule has 1 aliphatic rings. The summed E-state index contributed by atoms with van der Waals surface area (Å²) in [6.07, 6.45) is 2.00. The van der Waals surface area contributed by atoms with Gasteiger partial charge in [-0.15, -0.1) is 11.3 Å². The summed E-state index contributed by atoms with van der Waals surface area (Å²) in [4.78, 5) is 1.11. The molecule has 1 saturated carbocycles. The first-order valence-corrected chi connectivity index (χ1v) is 9.38. The summed E-state index contributed by atoms with van der Waals surface area (Å²) in [5.74, 6) is 0. The molecule has 0 radical (unpaired) electrons. The number of thiophene rings is 1. The van der Waals surface area contributed by atoms with Crippen LogP contribution in [0.5, 0.6) is 0 Å². The summed E-state index contributed by atoms with van der Waals surface area (Å²) in [7, 11) is -3.36. The van der Waals surface area contributed by atoms with E-state index < -0.39 is 10.0 Å². The molecular weight excluding hydrogens is 292 g/mol. The van der Waals surface area contributed by atoms with E-state index in [0.29, 0.717) is 4.21 Å². The van der Waals surface area contributed by atoms with Crippen molar-refractivity contribution in [1.29, 1.82) is 0 Å². The number of hydrogen-bond donors (Lipinski definition) is 2. The lowest BCUT2D eigenvalue weighted by Crippen LogP contribution is -2.27. The van der Waals surface area contributed by atoms with Gasteiger partial charge in [0.2, 0.25) is 10.0 Å². The molecule has 1 aliphatic carbocycles. The van der Waals surface area contributed by atoms with Crippen molar-refractivity contribution < 1.29 is 8.42 Å². The van der Waals surface area contributed by atoms with Crippen molar-refractivity contribution in [1.82, 2.24) is 10.0 Å². The molecule has 1 unspecified atom stereocenters. The highest BCUT2D eigenvalue weighted by Gasteiger charge is 2.48. The second-order valence-corrected chi connectivity index (χ2v) is 9.29. The van der Waals surface area contributed by atoms with Gasteiger partial charge in [0.05, 0.1) is 0 Å². The molecule has 20 heavy (non-hydrogen) atoms. The van der Waals surface area contributed by atoms with Crippen LogP contribution in [0, 0.1) is 12.3 Å². The van der Waals surface area contributed by atoms with Crippen molar-refractivity contribution in [2.24, 2.45) is 5.41 Å². The summed E-state index contributed by atoms with van der Waals surface area (Å²) in [5.41, 5.74) is 1.15. The van der Waals surface area contributed by atoms with Crippen LogP contribution in [0.3, 0.4) is 0 Å². The molecule has 6 heteroatoms. The van der Waals surface area contributed by atoms with Crippen LogP contribution in [0.1, 0.15) is 44.1 Å². The van der Waals surface area contributed by atoms with Crippen molar-refractivity contribution in [3.8, 4) is 0 Å². The van der Waals surface area contributed by atoms with Gasteiger partial charge in [-0.2, -0.15) is 0 Å². The number of nitrogens with one attached hydrogen (secondary N) is 2. The molecule has 0 aliphatic heterocycles. The summed E-state index contributed by atoms with van der Waals surface area (Å²) < 4.78 is 27.9. The van der Waals surface area contributed by atoms with Gasteiger partial charge in [0.15, 0.2) is 0 Å². The van der Waals surface area contributed by atoms with Crippen molar-refractivity contribution in [3.05, 3.63) is 16.5 Å². The molecule has 0 spiro atoms. The highest BCUT2D eigenvalue weighted by molar-refractivity contribution is 7.91. The summed E-state index contributed by atoms with van der Waals surface area (Å²) >= 11 is 1.37. The standard InChI is InChI=1S/C14H24N2O2S2/c1-5-6-15-9-11-10(2)7-13(19-11)20(17,18)16-12-8-14(12,3)4/h7,12,15-16H,5-6,8-9H2,1-4H3. The van der Waals surface area contributed by atoms with Gasteiger partial charge in [-0.1, -0.05) is 20.8 Å². The zero-order valence-corrected chi connectivity index (χ0v) is 14.2. The minimum Gasteiger partial charge on any atom is -0.312 e. The van der Waals surface area contributed by atoms with Crippen LogP contribution in [0.4, 0.5) is 0 Å². The maximum Gasteiger partial charge on any atom is 0.250 e. The van der Waals surface area contributed by atoms with Gasteiger partial charge in [-0.25, -0.2) is 13.1 Å². The Kier molecular flexibility index (Phi) is 4.59. The molecule has 0 bridgehead atoms. The average molecular weight is 316 g/mol. The lowest BCUT2D eigenvalue weighted by Gasteiger charge is -2.06. The van der Waals surface area contributed by atoms with Crippen LogP contribution in [-0.2, 0) is 16.6 Å². The number of sulfonamides is 1. The normalized spacial score (nSPS) is 21.1. The lowest BCUT2D eigenvalue weighted by atomic mass is 10.2. The Morgan fingerprint density at radius 3 is 2.65 bits per heavy atom. The fraction of sp³-hybridized carbons (Fsp3) is 0.714. The molecule has 1 aromatic rings. The van der Waals surface area contributed by atoms with Gasteiger partial charge in [0.25, 0.3) is 0 Å². The van der Waals surface area contributed by atoms with Crippen molar-refractivity contribution >= 4 is 21.4 Å². The Hall–Kier alpha value is -0.430. The molecule has 1 aromatic heterocycles. The average Bonchev–Trinajstić information content (AvgIpc) is 2.75. The van der Waals surface area contributed by atoms with E-state index in [-0.39, 0.29) is 11.5 Å². The largest absolute Gasteiger partial charge is 0.312 e. The molecule has 0 amide bonds. The zero-order valence-electron chi connectivity index (χ0n) is 12.6. The predicted octanol–water partition coefficient (Wildman–Crippen LogP) is 2.63. The van der Waals surface area contributed by atoms with Crippen LogP contribution in [0.2, 0.25) is 0 Å². The lowest BCUT2D eigenvalue weighted by molar-refractivity contribution is 0.556. The van der Waals surface area contributed by atoms with Crippen LogP contribution in [0.15, 0.2) is 10.3 Å². The number of hydrogen-bond acceptors (Lipinski definition) is 4. The monoisotopic (exact) mass is 316 g/mol. The Bertz CT molecular complexity index is 576. The van der Waals surface area contributed by atoms with E-state index in [9.17, 15) is 8.42 Å². The number of rotatable bonds is 7. The SMILES string of the molecule is CCCNCc1sc(S(=O)(=O)NC2CC2(C)C)cc1C. The van der Waals surface area contributed by atoms with Crippen molar-refractivity contribution in [2.45, 2.75) is 57.3 Å². The third kappa shape index (κ3) is 3.61. The molecule has 2 rings (SSSR count). The topological polar surface area (TPSA) is 58.2 Å². The van der Waals surface area contributed by atoms with Gasteiger partial charge in [0, 0.05) is 17.5 Å². The van der Waals surface area contributed by atoms with E-state index in [1.807, 2.05) is 6.92 Å². The fourth-order valence-electron chi connectivity index (χ4n) is 2.09. The highest BCUT2D eigenvalue weighted by Crippen LogP contribution is 2.45. The summed E-state index contributed by atoms with van der Waals surface area (Å²) in [5, 5.41) is 3.32. The smallest absolute Gasteiger partial charge is 0.250 e. The van der Waals surface area contributed by atoms with E-state index in [1.165, 1.54) is 11.3 Å². The van der Waals surface area contributed by atoms with Crippen molar-refractivity contribution in [3.63, 3.8) is 0 Å². The highest BCUT2D eigenvalue weighted by atomic mass is 32.2. The summed E-state index contributed by atoms with van der Waals surface area (Å²) in [6.45, 7) is 9.95. The minimum atomic E-state index is -3.36. The Morgan fingerprint density at radius 1 is 1.45 bits per heavy atom. The van der Waals surface area contributed by atoms with Gasteiger partial charge in [-0.3, -0.25) is 0 Å². The predicted molar refractivity (Wildman–Crippen MR) is 83.6 cm³/mol. The van der Waals surface area contributed by atoms with E-state index >= 15 is 0 Å². The third-order valence-electron chi connectivity index (χ3n) is 3.79. The third-order valence-corrected chi connectivity index (χ3v) is 6.97. The molecule has 0 saturated heterocycles. The molecular formula is C14H24N2O2S2. The second-order valence-electron chi connectivity index (χ2n) is 6.21. The molecule has 114 valence electrons.